The molecule has 3 heterocycles. The molecule has 5 nitrogen and oxygen atoms in total. The van der Waals surface area contributed by atoms with Crippen molar-refractivity contribution in [1.82, 2.24) is 24.6 Å². The molecule has 1 atom stereocenters. The average Bonchev–Trinajstić information content (AvgIpc) is 3.08. The predicted molar refractivity (Wildman–Crippen MR) is 109 cm³/mol. The van der Waals surface area contributed by atoms with Crippen molar-refractivity contribution in [3.05, 3.63) is 47.5 Å². The summed E-state index contributed by atoms with van der Waals surface area (Å²) >= 11 is 0. The highest BCUT2D eigenvalue weighted by Gasteiger charge is 2.26. The van der Waals surface area contributed by atoms with Crippen molar-refractivity contribution in [3.8, 4) is 0 Å². The summed E-state index contributed by atoms with van der Waals surface area (Å²) in [6.07, 6.45) is 7.65. The number of aromatic nitrogens is 3. The molecule has 2 aliphatic rings. The van der Waals surface area contributed by atoms with Gasteiger partial charge in [0, 0.05) is 26.1 Å². The Hall–Kier alpha value is -1.72. The molecule has 0 bridgehead atoms. The first-order valence-corrected chi connectivity index (χ1v) is 10.7. The molecule has 0 aliphatic carbocycles. The van der Waals surface area contributed by atoms with Crippen LogP contribution in [0.2, 0.25) is 0 Å². The zero-order valence-corrected chi connectivity index (χ0v) is 16.7. The van der Waals surface area contributed by atoms with Gasteiger partial charge in [-0.2, -0.15) is 0 Å². The minimum Gasteiger partial charge on any atom is -0.317 e. The monoisotopic (exact) mass is 367 g/mol. The van der Waals surface area contributed by atoms with Gasteiger partial charge in [0.25, 0.3) is 0 Å². The predicted octanol–water partition coefficient (Wildman–Crippen LogP) is 3.22. The van der Waals surface area contributed by atoms with Crippen LogP contribution in [0.15, 0.2) is 30.3 Å². The van der Waals surface area contributed by atoms with E-state index in [0.29, 0.717) is 5.92 Å². The fourth-order valence-electron chi connectivity index (χ4n) is 4.59. The molecule has 0 saturated carbocycles. The zero-order chi connectivity index (χ0) is 18.5. The summed E-state index contributed by atoms with van der Waals surface area (Å²) in [6, 6.07) is 10.8. The van der Waals surface area contributed by atoms with Crippen molar-refractivity contribution in [2.45, 2.75) is 51.0 Å². The first kappa shape index (κ1) is 18.6. The van der Waals surface area contributed by atoms with Crippen molar-refractivity contribution >= 4 is 0 Å². The van der Waals surface area contributed by atoms with E-state index in [2.05, 4.69) is 61.9 Å². The molecule has 146 valence electrons. The van der Waals surface area contributed by atoms with Crippen molar-refractivity contribution < 1.29 is 0 Å². The summed E-state index contributed by atoms with van der Waals surface area (Å²) in [5, 5.41) is 9.17. The average molecular weight is 368 g/mol. The van der Waals surface area contributed by atoms with Crippen LogP contribution in [0.3, 0.4) is 0 Å². The standard InChI is InChI=1S/C22H33N5/c1-25-21(18-26-13-6-3-7-14-26)23-24-22(25)20-11-8-15-27(17-20)16-12-19-9-4-2-5-10-19/h2,4-5,9-10,20H,3,6-8,11-18H2,1H3. The van der Waals surface area contributed by atoms with Crippen LogP contribution in [0.4, 0.5) is 0 Å². The Labute approximate surface area is 163 Å². The molecule has 0 amide bonds. The van der Waals surface area contributed by atoms with E-state index < -0.39 is 0 Å². The van der Waals surface area contributed by atoms with Gasteiger partial charge in [-0.1, -0.05) is 36.8 Å². The molecule has 4 rings (SSSR count). The third kappa shape index (κ3) is 4.77. The first-order valence-electron chi connectivity index (χ1n) is 10.7. The number of hydrogen-bond acceptors (Lipinski definition) is 4. The minimum absolute atomic E-state index is 0.516. The van der Waals surface area contributed by atoms with Crippen LogP contribution in [0.1, 0.15) is 55.2 Å². The van der Waals surface area contributed by atoms with E-state index in [1.807, 2.05) is 0 Å². The van der Waals surface area contributed by atoms with Crippen LogP contribution in [0, 0.1) is 0 Å². The molecular weight excluding hydrogens is 334 g/mol. The molecule has 0 radical (unpaired) electrons. The van der Waals surface area contributed by atoms with Crippen molar-refractivity contribution in [2.75, 3.05) is 32.7 Å². The minimum atomic E-state index is 0.516. The summed E-state index contributed by atoms with van der Waals surface area (Å²) in [6.45, 7) is 6.83. The Bertz CT molecular complexity index is 705. The second-order valence-corrected chi connectivity index (χ2v) is 8.25. The molecule has 0 spiro atoms. The van der Waals surface area contributed by atoms with E-state index in [4.69, 9.17) is 0 Å². The quantitative estimate of drug-likeness (QED) is 0.786. The molecule has 2 fully saturated rings. The molecule has 27 heavy (non-hydrogen) atoms. The van der Waals surface area contributed by atoms with Gasteiger partial charge in [-0.25, -0.2) is 0 Å². The van der Waals surface area contributed by atoms with Crippen LogP contribution in [-0.2, 0) is 20.0 Å². The number of nitrogens with zero attached hydrogens (tertiary/aromatic N) is 5. The highest BCUT2D eigenvalue weighted by atomic mass is 15.3. The normalized spacial score (nSPS) is 22.2. The second-order valence-electron chi connectivity index (χ2n) is 8.25. The third-order valence-electron chi connectivity index (χ3n) is 6.24. The van der Waals surface area contributed by atoms with Crippen LogP contribution >= 0.6 is 0 Å². The van der Waals surface area contributed by atoms with Gasteiger partial charge in [-0.15, -0.1) is 10.2 Å². The summed E-state index contributed by atoms with van der Waals surface area (Å²) < 4.78 is 2.28. The number of benzene rings is 1. The van der Waals surface area contributed by atoms with Gasteiger partial charge in [0.1, 0.15) is 11.6 Å². The van der Waals surface area contributed by atoms with Crippen LogP contribution < -0.4 is 0 Å². The van der Waals surface area contributed by atoms with Gasteiger partial charge < -0.3 is 9.47 Å². The van der Waals surface area contributed by atoms with Crippen molar-refractivity contribution in [2.24, 2.45) is 7.05 Å². The number of piperidine rings is 2. The lowest BCUT2D eigenvalue weighted by atomic mass is 9.96. The van der Waals surface area contributed by atoms with Gasteiger partial charge in [0.05, 0.1) is 6.54 Å². The smallest absolute Gasteiger partial charge is 0.146 e. The molecule has 2 saturated heterocycles. The fourth-order valence-corrected chi connectivity index (χ4v) is 4.59. The maximum absolute atomic E-state index is 4.62. The Kier molecular flexibility index (Phi) is 6.20. The van der Waals surface area contributed by atoms with Gasteiger partial charge in [-0.05, 0) is 57.3 Å². The second kappa shape index (κ2) is 8.98. The summed E-state index contributed by atoms with van der Waals surface area (Å²) in [5.74, 6) is 2.84. The van der Waals surface area contributed by atoms with Crippen LogP contribution in [-0.4, -0.2) is 57.3 Å². The molecule has 2 aromatic rings. The molecule has 5 heteroatoms. The zero-order valence-electron chi connectivity index (χ0n) is 16.7. The molecule has 1 aromatic carbocycles. The number of rotatable bonds is 6. The van der Waals surface area contributed by atoms with E-state index in [9.17, 15) is 0 Å². The van der Waals surface area contributed by atoms with E-state index in [1.54, 1.807) is 0 Å². The largest absolute Gasteiger partial charge is 0.317 e. The molecule has 1 aromatic heterocycles. The maximum atomic E-state index is 4.62. The van der Waals surface area contributed by atoms with E-state index in [-0.39, 0.29) is 0 Å². The fraction of sp³-hybridized carbons (Fsp3) is 0.636. The number of hydrogen-bond donors (Lipinski definition) is 0. The maximum Gasteiger partial charge on any atom is 0.146 e. The number of likely N-dealkylation sites (tertiary alicyclic amines) is 2. The van der Waals surface area contributed by atoms with Crippen LogP contribution in [0.25, 0.3) is 0 Å². The highest BCUT2D eigenvalue weighted by molar-refractivity contribution is 5.15. The summed E-state index contributed by atoms with van der Waals surface area (Å²) in [7, 11) is 2.16. The lowest BCUT2D eigenvalue weighted by Gasteiger charge is -2.32. The highest BCUT2D eigenvalue weighted by Crippen LogP contribution is 2.26. The van der Waals surface area contributed by atoms with E-state index >= 15 is 0 Å². The van der Waals surface area contributed by atoms with Gasteiger partial charge in [0.2, 0.25) is 0 Å². The topological polar surface area (TPSA) is 37.2 Å². The van der Waals surface area contributed by atoms with E-state index in [0.717, 1.165) is 31.9 Å². The van der Waals surface area contributed by atoms with Crippen molar-refractivity contribution in [3.63, 3.8) is 0 Å². The third-order valence-corrected chi connectivity index (χ3v) is 6.24. The molecular formula is C22H33N5. The van der Waals surface area contributed by atoms with Crippen molar-refractivity contribution in [1.29, 1.82) is 0 Å². The van der Waals surface area contributed by atoms with Crippen LogP contribution in [0.5, 0.6) is 0 Å². The van der Waals surface area contributed by atoms with Gasteiger partial charge >= 0.3 is 0 Å². The van der Waals surface area contributed by atoms with Gasteiger partial charge in [-0.3, -0.25) is 4.90 Å². The lowest BCUT2D eigenvalue weighted by Crippen LogP contribution is -2.36. The van der Waals surface area contributed by atoms with Gasteiger partial charge in [0.15, 0.2) is 0 Å². The molecule has 1 unspecified atom stereocenters. The van der Waals surface area contributed by atoms with E-state index in [1.165, 1.54) is 63.1 Å². The first-order chi connectivity index (χ1) is 13.3. The Balaban J connectivity index is 1.35. The Morgan fingerprint density at radius 3 is 2.52 bits per heavy atom. The Morgan fingerprint density at radius 2 is 1.70 bits per heavy atom. The summed E-state index contributed by atoms with van der Waals surface area (Å²) in [5.41, 5.74) is 1.43. The summed E-state index contributed by atoms with van der Waals surface area (Å²) in [4.78, 5) is 5.14. The SMILES string of the molecule is Cn1c(CN2CCCCC2)nnc1C1CCCN(CCc2ccccc2)C1. The molecule has 0 N–H and O–H groups in total. The lowest BCUT2D eigenvalue weighted by molar-refractivity contribution is 0.202. The Morgan fingerprint density at radius 1 is 0.926 bits per heavy atom. The molecule has 2 aliphatic heterocycles.